The fourth-order valence-electron chi connectivity index (χ4n) is 0.981. The third-order valence-electron chi connectivity index (χ3n) is 1.50. The summed E-state index contributed by atoms with van der Waals surface area (Å²) in [6.45, 7) is 0. The van der Waals surface area contributed by atoms with Crippen LogP contribution in [0.1, 0.15) is 10.4 Å². The first kappa shape index (κ1) is 7.42. The van der Waals surface area contributed by atoms with Crippen molar-refractivity contribution < 1.29 is 4.79 Å². The van der Waals surface area contributed by atoms with Crippen LogP contribution in [-0.2, 0) is 0 Å². The summed E-state index contributed by atoms with van der Waals surface area (Å²) < 4.78 is 2.46. The Kier molecular flexibility index (Phi) is 1.65. The van der Waals surface area contributed by atoms with Crippen LogP contribution >= 0.6 is 15.9 Å². The van der Waals surface area contributed by atoms with Gasteiger partial charge < -0.3 is 0 Å². The molecule has 0 bridgehead atoms. The van der Waals surface area contributed by atoms with Crippen molar-refractivity contribution in [2.45, 2.75) is 0 Å². The molecule has 0 fully saturated rings. The Bertz CT molecular complexity index is 437. The number of carbonyl (C=O) groups excluding carboxylic acids is 1. The number of pyridine rings is 1. The van der Waals surface area contributed by atoms with Crippen molar-refractivity contribution in [3.05, 3.63) is 28.6 Å². The summed E-state index contributed by atoms with van der Waals surface area (Å²) in [5.41, 5.74) is 1.30. The number of aromatic nitrogens is 3. The second kappa shape index (κ2) is 2.67. The van der Waals surface area contributed by atoms with Crippen LogP contribution in [0.2, 0.25) is 0 Å². The normalized spacial score (nSPS) is 10.4. The maximum atomic E-state index is 10.4. The number of halogens is 1. The summed E-state index contributed by atoms with van der Waals surface area (Å²) in [7, 11) is 0. The number of rotatable bonds is 1. The number of nitrogens with zero attached hydrogens (tertiary/aromatic N) is 3. The van der Waals surface area contributed by atoms with Gasteiger partial charge in [-0.2, -0.15) is 0 Å². The Morgan fingerprint density at radius 1 is 1.58 bits per heavy atom. The molecule has 0 unspecified atom stereocenters. The highest BCUT2D eigenvalue weighted by atomic mass is 79.9. The van der Waals surface area contributed by atoms with Crippen molar-refractivity contribution in [3.8, 4) is 0 Å². The molecule has 0 saturated carbocycles. The van der Waals surface area contributed by atoms with Gasteiger partial charge >= 0.3 is 0 Å². The van der Waals surface area contributed by atoms with E-state index in [1.807, 2.05) is 0 Å². The van der Waals surface area contributed by atoms with E-state index < -0.39 is 0 Å². The van der Waals surface area contributed by atoms with Crippen LogP contribution in [0, 0.1) is 0 Å². The fourth-order valence-corrected chi connectivity index (χ4v) is 1.53. The van der Waals surface area contributed by atoms with Gasteiger partial charge in [-0.15, -0.1) is 10.2 Å². The van der Waals surface area contributed by atoms with Crippen LogP contribution in [0.4, 0.5) is 0 Å². The second-order valence-electron chi connectivity index (χ2n) is 2.30. The molecular weight excluding hydrogens is 222 g/mol. The maximum absolute atomic E-state index is 10.4. The Labute approximate surface area is 76.4 Å². The molecule has 0 atom stereocenters. The predicted molar refractivity (Wildman–Crippen MR) is 46.1 cm³/mol. The lowest BCUT2D eigenvalue weighted by Crippen LogP contribution is -1.88. The Morgan fingerprint density at radius 2 is 2.42 bits per heavy atom. The summed E-state index contributed by atoms with van der Waals surface area (Å²) in [5, 5.41) is 7.55. The van der Waals surface area contributed by atoms with Gasteiger partial charge in [-0.1, -0.05) is 0 Å². The van der Waals surface area contributed by atoms with Crippen molar-refractivity contribution in [2.75, 3.05) is 0 Å². The first-order chi connectivity index (χ1) is 5.81. The van der Waals surface area contributed by atoms with Gasteiger partial charge in [0.1, 0.15) is 6.33 Å². The Balaban J connectivity index is 2.83. The Morgan fingerprint density at radius 3 is 3.17 bits per heavy atom. The minimum absolute atomic E-state index is 0.592. The fraction of sp³-hybridized carbons (Fsp3) is 0. The maximum Gasteiger partial charge on any atom is 0.174 e. The standard InChI is InChI=1S/C7H4BrN3O/c8-6-1-5(3-12)2-11-4-9-10-7(6)11/h1-4H. The molecule has 12 heavy (non-hydrogen) atoms. The van der Waals surface area contributed by atoms with E-state index in [0.717, 1.165) is 10.8 Å². The lowest BCUT2D eigenvalue weighted by Gasteiger charge is -1.95. The highest BCUT2D eigenvalue weighted by molar-refractivity contribution is 9.10. The smallest absolute Gasteiger partial charge is 0.174 e. The van der Waals surface area contributed by atoms with Gasteiger partial charge in [0.05, 0.1) is 4.47 Å². The number of hydrogen-bond donors (Lipinski definition) is 0. The lowest BCUT2D eigenvalue weighted by molar-refractivity contribution is 0.112. The summed E-state index contributed by atoms with van der Waals surface area (Å²) >= 11 is 3.29. The van der Waals surface area contributed by atoms with E-state index in [1.165, 1.54) is 0 Å². The van der Waals surface area contributed by atoms with Crippen LogP contribution in [0.5, 0.6) is 0 Å². The average molecular weight is 226 g/mol. The molecule has 0 N–H and O–H groups in total. The van der Waals surface area contributed by atoms with Crippen LogP contribution < -0.4 is 0 Å². The molecule has 0 aromatic carbocycles. The van der Waals surface area contributed by atoms with Gasteiger partial charge in [-0.3, -0.25) is 9.20 Å². The number of aldehydes is 1. The minimum Gasteiger partial charge on any atom is -0.298 e. The lowest BCUT2D eigenvalue weighted by atomic mass is 10.3. The molecule has 0 aliphatic carbocycles. The highest BCUT2D eigenvalue weighted by Crippen LogP contribution is 2.16. The highest BCUT2D eigenvalue weighted by Gasteiger charge is 2.02. The summed E-state index contributed by atoms with van der Waals surface area (Å²) in [6.07, 6.45) is 4.00. The summed E-state index contributed by atoms with van der Waals surface area (Å²) in [4.78, 5) is 10.4. The molecule has 4 nitrogen and oxygen atoms in total. The van der Waals surface area contributed by atoms with Gasteiger partial charge in [-0.25, -0.2) is 0 Å². The molecule has 0 aliphatic rings. The van der Waals surface area contributed by atoms with E-state index in [0.29, 0.717) is 11.2 Å². The molecule has 0 aliphatic heterocycles. The van der Waals surface area contributed by atoms with Crippen LogP contribution in [0.25, 0.3) is 5.65 Å². The molecule has 0 spiro atoms. The zero-order valence-corrected chi connectivity index (χ0v) is 7.52. The van der Waals surface area contributed by atoms with E-state index in [2.05, 4.69) is 26.1 Å². The molecule has 0 radical (unpaired) electrons. The predicted octanol–water partition coefficient (Wildman–Crippen LogP) is 1.30. The molecule has 60 valence electrons. The molecule has 2 aromatic rings. The van der Waals surface area contributed by atoms with Gasteiger partial charge in [0, 0.05) is 11.8 Å². The average Bonchev–Trinajstić information content (AvgIpc) is 2.52. The van der Waals surface area contributed by atoms with Crippen molar-refractivity contribution in [2.24, 2.45) is 0 Å². The van der Waals surface area contributed by atoms with E-state index in [9.17, 15) is 4.79 Å². The molecule has 2 rings (SSSR count). The van der Waals surface area contributed by atoms with Crippen molar-refractivity contribution in [1.82, 2.24) is 14.6 Å². The molecule has 5 heteroatoms. The van der Waals surface area contributed by atoms with E-state index in [1.54, 1.807) is 23.0 Å². The van der Waals surface area contributed by atoms with Gasteiger partial charge in [0.15, 0.2) is 11.9 Å². The quantitative estimate of drug-likeness (QED) is 0.688. The van der Waals surface area contributed by atoms with Crippen LogP contribution in [0.3, 0.4) is 0 Å². The van der Waals surface area contributed by atoms with Gasteiger partial charge in [0.2, 0.25) is 0 Å². The van der Waals surface area contributed by atoms with E-state index in [-0.39, 0.29) is 0 Å². The second-order valence-corrected chi connectivity index (χ2v) is 3.16. The monoisotopic (exact) mass is 225 g/mol. The number of hydrogen-bond acceptors (Lipinski definition) is 3. The third kappa shape index (κ3) is 1.02. The molecule has 0 amide bonds. The SMILES string of the molecule is O=Cc1cc(Br)c2nncn2c1. The molecule has 2 aromatic heterocycles. The topological polar surface area (TPSA) is 47.3 Å². The summed E-state index contributed by atoms with van der Waals surface area (Å²) in [5.74, 6) is 0. The van der Waals surface area contributed by atoms with Crippen molar-refractivity contribution in [3.63, 3.8) is 0 Å². The van der Waals surface area contributed by atoms with Crippen LogP contribution in [-0.4, -0.2) is 20.9 Å². The number of carbonyl (C=O) groups is 1. The molecule has 2 heterocycles. The molecular formula is C7H4BrN3O. The van der Waals surface area contributed by atoms with Gasteiger partial charge in [-0.05, 0) is 22.0 Å². The largest absolute Gasteiger partial charge is 0.298 e. The zero-order chi connectivity index (χ0) is 8.55. The van der Waals surface area contributed by atoms with E-state index >= 15 is 0 Å². The van der Waals surface area contributed by atoms with Gasteiger partial charge in [0.25, 0.3) is 0 Å². The van der Waals surface area contributed by atoms with Crippen molar-refractivity contribution in [1.29, 1.82) is 0 Å². The number of fused-ring (bicyclic) bond motifs is 1. The first-order valence-electron chi connectivity index (χ1n) is 3.25. The van der Waals surface area contributed by atoms with E-state index in [4.69, 9.17) is 0 Å². The first-order valence-corrected chi connectivity index (χ1v) is 4.04. The third-order valence-corrected chi connectivity index (χ3v) is 2.09. The van der Waals surface area contributed by atoms with Crippen LogP contribution in [0.15, 0.2) is 23.1 Å². The zero-order valence-electron chi connectivity index (χ0n) is 5.94. The molecule has 0 saturated heterocycles. The minimum atomic E-state index is 0.592. The summed E-state index contributed by atoms with van der Waals surface area (Å²) in [6, 6.07) is 1.71. The Hall–Kier alpha value is -1.23. The van der Waals surface area contributed by atoms with Crippen molar-refractivity contribution >= 4 is 27.9 Å².